The van der Waals surface area contributed by atoms with E-state index in [1.165, 1.54) is 7.05 Å². The molecular weight excluding hydrogens is 264 g/mol. The molecule has 0 spiro atoms. The highest BCUT2D eigenvalue weighted by Gasteiger charge is 2.38. The Bertz CT molecular complexity index is 761. The summed E-state index contributed by atoms with van der Waals surface area (Å²) in [5.74, 6) is -0.441. The van der Waals surface area contributed by atoms with Crippen LogP contribution in [0.1, 0.15) is 18.0 Å². The van der Waals surface area contributed by atoms with E-state index in [4.69, 9.17) is 12.2 Å². The van der Waals surface area contributed by atoms with Crippen molar-refractivity contribution in [3.05, 3.63) is 22.6 Å². The van der Waals surface area contributed by atoms with Crippen molar-refractivity contribution >= 4 is 35.2 Å². The van der Waals surface area contributed by atoms with E-state index in [0.717, 1.165) is 16.0 Å². The third kappa shape index (κ3) is 1.61. The third-order valence-electron chi connectivity index (χ3n) is 3.49. The van der Waals surface area contributed by atoms with Gasteiger partial charge in [0.1, 0.15) is 6.04 Å². The molecule has 1 aliphatic rings. The molecular formula is C12H12N4O2S. The zero-order valence-electron chi connectivity index (χ0n) is 10.5. The fourth-order valence-electron chi connectivity index (χ4n) is 2.37. The molecule has 7 heteroatoms. The number of aryl methyl sites for hydroxylation is 1. The number of carbonyl (C=O) groups excluding carboxylic acids is 2. The topological polar surface area (TPSA) is 71.0 Å². The lowest BCUT2D eigenvalue weighted by Crippen LogP contribution is -2.27. The van der Waals surface area contributed by atoms with E-state index in [1.807, 2.05) is 13.0 Å². The van der Waals surface area contributed by atoms with Crippen molar-refractivity contribution in [3.8, 4) is 0 Å². The summed E-state index contributed by atoms with van der Waals surface area (Å²) >= 11 is 5.26. The summed E-state index contributed by atoms with van der Waals surface area (Å²) < 4.78 is 2.06. The molecule has 2 amide bonds. The van der Waals surface area contributed by atoms with E-state index in [1.54, 1.807) is 10.8 Å². The van der Waals surface area contributed by atoms with Gasteiger partial charge in [-0.2, -0.15) is 0 Å². The van der Waals surface area contributed by atoms with Crippen LogP contribution in [0.5, 0.6) is 0 Å². The first kappa shape index (κ1) is 12.0. The second-order valence-corrected chi connectivity index (χ2v) is 5.02. The highest BCUT2D eigenvalue weighted by atomic mass is 32.1. The first-order chi connectivity index (χ1) is 9.00. The fraction of sp³-hybridized carbons (Fsp3) is 0.333. The monoisotopic (exact) mass is 276 g/mol. The lowest BCUT2D eigenvalue weighted by Gasteiger charge is -2.10. The number of hydrogen-bond acceptors (Lipinski definition) is 4. The van der Waals surface area contributed by atoms with Gasteiger partial charge in [-0.15, -0.1) is 0 Å². The minimum atomic E-state index is -0.590. The summed E-state index contributed by atoms with van der Waals surface area (Å²) in [5, 5.41) is 0. The molecule has 1 saturated heterocycles. The van der Waals surface area contributed by atoms with Crippen molar-refractivity contribution in [1.82, 2.24) is 19.4 Å². The van der Waals surface area contributed by atoms with Gasteiger partial charge in [0.25, 0.3) is 5.91 Å². The number of rotatable bonds is 1. The van der Waals surface area contributed by atoms with Gasteiger partial charge in [-0.05, 0) is 30.8 Å². The van der Waals surface area contributed by atoms with Gasteiger partial charge in [0.15, 0.2) is 10.4 Å². The molecule has 2 aromatic heterocycles. The van der Waals surface area contributed by atoms with Crippen LogP contribution in [-0.2, 0) is 9.59 Å². The highest BCUT2D eigenvalue weighted by molar-refractivity contribution is 7.71. The Labute approximate surface area is 114 Å². The van der Waals surface area contributed by atoms with Crippen molar-refractivity contribution in [3.63, 3.8) is 0 Å². The summed E-state index contributed by atoms with van der Waals surface area (Å²) in [5.41, 5.74) is 2.42. The summed E-state index contributed by atoms with van der Waals surface area (Å²) in [4.78, 5) is 32.2. The number of amides is 2. The number of nitrogens with one attached hydrogen (secondary N) is 1. The van der Waals surface area contributed by atoms with E-state index in [9.17, 15) is 9.59 Å². The van der Waals surface area contributed by atoms with Crippen LogP contribution in [0.2, 0.25) is 0 Å². The van der Waals surface area contributed by atoms with Gasteiger partial charge >= 0.3 is 0 Å². The number of aromatic nitrogens is 3. The molecule has 0 bridgehead atoms. The molecule has 6 nitrogen and oxygen atoms in total. The van der Waals surface area contributed by atoms with Crippen LogP contribution in [0, 0.1) is 11.7 Å². The second-order valence-electron chi connectivity index (χ2n) is 4.64. The second kappa shape index (κ2) is 3.99. The lowest BCUT2D eigenvalue weighted by molar-refractivity contribution is -0.137. The van der Waals surface area contributed by atoms with Gasteiger partial charge in [0, 0.05) is 13.2 Å². The quantitative estimate of drug-likeness (QED) is 0.630. The smallest absolute Gasteiger partial charge is 0.252 e. The molecule has 1 N–H and O–H groups in total. The van der Waals surface area contributed by atoms with Crippen LogP contribution in [0.3, 0.4) is 0 Å². The average Bonchev–Trinajstić information content (AvgIpc) is 2.83. The predicted molar refractivity (Wildman–Crippen MR) is 71.1 cm³/mol. The maximum Gasteiger partial charge on any atom is 0.252 e. The molecule has 1 fully saturated rings. The number of imidazole rings is 1. The Balaban J connectivity index is 2.24. The van der Waals surface area contributed by atoms with Crippen molar-refractivity contribution in [2.24, 2.45) is 0 Å². The highest BCUT2D eigenvalue weighted by Crippen LogP contribution is 2.27. The zero-order valence-corrected chi connectivity index (χ0v) is 11.3. The molecule has 1 aliphatic heterocycles. The first-order valence-corrected chi connectivity index (χ1v) is 6.27. The summed E-state index contributed by atoms with van der Waals surface area (Å²) in [6, 6.07) is 1.28. The minimum Gasteiger partial charge on any atom is -0.329 e. The van der Waals surface area contributed by atoms with E-state index in [2.05, 4.69) is 9.97 Å². The van der Waals surface area contributed by atoms with Crippen LogP contribution < -0.4 is 0 Å². The molecule has 0 aliphatic carbocycles. The SMILES string of the molecule is Cc1ccnc2c1[nH]c(=S)n2C1CC(=O)N(C)C1=O. The summed E-state index contributed by atoms with van der Waals surface area (Å²) in [6.07, 6.45) is 1.80. The van der Waals surface area contributed by atoms with Gasteiger partial charge in [0.2, 0.25) is 5.91 Å². The lowest BCUT2D eigenvalue weighted by atomic mass is 10.2. The zero-order chi connectivity index (χ0) is 13.7. The number of carbonyl (C=O) groups is 2. The molecule has 19 heavy (non-hydrogen) atoms. The van der Waals surface area contributed by atoms with Crippen LogP contribution >= 0.6 is 12.2 Å². The minimum absolute atomic E-state index is 0.131. The van der Waals surface area contributed by atoms with Crippen LogP contribution in [-0.4, -0.2) is 38.3 Å². The molecule has 0 aromatic carbocycles. The van der Waals surface area contributed by atoms with Crippen molar-refractivity contribution in [2.75, 3.05) is 7.05 Å². The van der Waals surface area contributed by atoms with E-state index in [-0.39, 0.29) is 18.2 Å². The molecule has 1 atom stereocenters. The van der Waals surface area contributed by atoms with Gasteiger partial charge in [-0.25, -0.2) is 4.98 Å². The van der Waals surface area contributed by atoms with Gasteiger partial charge in [-0.1, -0.05) is 0 Å². The normalized spacial score (nSPS) is 19.7. The van der Waals surface area contributed by atoms with E-state index < -0.39 is 6.04 Å². The molecule has 0 saturated carbocycles. The standard InChI is InChI=1S/C12H12N4O2S/c1-6-3-4-13-10-9(6)14-12(19)16(10)7-5-8(17)15(2)11(7)18/h3-4,7H,5H2,1-2H3,(H,14,19). The Hall–Kier alpha value is -2.02. The van der Waals surface area contributed by atoms with Crippen LogP contribution in [0.25, 0.3) is 11.2 Å². The number of pyridine rings is 1. The molecule has 0 radical (unpaired) electrons. The fourth-order valence-corrected chi connectivity index (χ4v) is 2.69. The number of fused-ring (bicyclic) bond motifs is 1. The van der Waals surface area contributed by atoms with Crippen LogP contribution in [0.15, 0.2) is 12.3 Å². The Kier molecular flexibility index (Phi) is 2.53. The van der Waals surface area contributed by atoms with E-state index in [0.29, 0.717) is 10.4 Å². The van der Waals surface area contributed by atoms with Crippen LogP contribution in [0.4, 0.5) is 0 Å². The number of nitrogens with zero attached hydrogens (tertiary/aromatic N) is 3. The molecule has 98 valence electrons. The van der Waals surface area contributed by atoms with Gasteiger partial charge < -0.3 is 4.98 Å². The Morgan fingerprint density at radius 2 is 2.21 bits per heavy atom. The predicted octanol–water partition coefficient (Wildman–Crippen LogP) is 1.33. The van der Waals surface area contributed by atoms with Crippen molar-refractivity contribution < 1.29 is 9.59 Å². The number of H-pyrrole nitrogens is 1. The molecule has 3 rings (SSSR count). The van der Waals surface area contributed by atoms with Crippen molar-refractivity contribution in [1.29, 1.82) is 0 Å². The molecule has 3 heterocycles. The number of hydrogen-bond donors (Lipinski definition) is 1. The molecule has 1 unspecified atom stereocenters. The average molecular weight is 276 g/mol. The number of imide groups is 1. The molecule has 2 aromatic rings. The Morgan fingerprint density at radius 1 is 1.47 bits per heavy atom. The number of aromatic amines is 1. The summed E-state index contributed by atoms with van der Waals surface area (Å²) in [7, 11) is 1.49. The third-order valence-corrected chi connectivity index (χ3v) is 3.79. The van der Waals surface area contributed by atoms with Crippen molar-refractivity contribution in [2.45, 2.75) is 19.4 Å². The number of likely N-dealkylation sites (tertiary alicyclic amines) is 1. The largest absolute Gasteiger partial charge is 0.329 e. The maximum absolute atomic E-state index is 12.1. The Morgan fingerprint density at radius 3 is 2.84 bits per heavy atom. The van der Waals surface area contributed by atoms with E-state index >= 15 is 0 Å². The van der Waals surface area contributed by atoms with Gasteiger partial charge in [-0.3, -0.25) is 19.1 Å². The first-order valence-electron chi connectivity index (χ1n) is 5.87. The van der Waals surface area contributed by atoms with Gasteiger partial charge in [0.05, 0.1) is 11.9 Å². The number of likely N-dealkylation sites (N-methyl/N-ethyl adjacent to an activating group) is 1. The summed E-state index contributed by atoms with van der Waals surface area (Å²) in [6.45, 7) is 1.94. The maximum atomic E-state index is 12.1.